The third-order valence-corrected chi connectivity index (χ3v) is 2.23. The van der Waals surface area contributed by atoms with Crippen molar-refractivity contribution >= 4 is 16.8 Å². The molecular weight excluding hydrogens is 318 g/mol. The zero-order chi connectivity index (χ0) is 15.7. The molecule has 1 aromatic rings. The molecule has 0 atom stereocenters. The molecule has 0 bridgehead atoms. The molecule has 2 N–H and O–H groups in total. The van der Waals surface area contributed by atoms with Crippen molar-refractivity contribution in [1.29, 1.82) is 0 Å². The molecule has 0 saturated carbocycles. The molecule has 0 aliphatic rings. The number of alkyl halides is 6. The summed E-state index contributed by atoms with van der Waals surface area (Å²) in [6.45, 7) is -0.898. The van der Waals surface area contributed by atoms with Crippen LogP contribution in [0.2, 0.25) is 0 Å². The maximum atomic E-state index is 12.6. The van der Waals surface area contributed by atoms with Crippen LogP contribution in [0.4, 0.5) is 26.3 Å². The number of nitrogens with two attached hydrogens (primary N) is 1. The third kappa shape index (κ3) is 3.73. The van der Waals surface area contributed by atoms with Crippen molar-refractivity contribution in [3.8, 4) is 5.75 Å². The van der Waals surface area contributed by atoms with Crippen LogP contribution in [0.15, 0.2) is 6.20 Å². The van der Waals surface area contributed by atoms with Gasteiger partial charge in [-0.15, -0.1) is 13.2 Å². The lowest BCUT2D eigenvalue weighted by atomic mass is 10.1. The highest BCUT2D eigenvalue weighted by Gasteiger charge is 2.40. The van der Waals surface area contributed by atoms with Crippen molar-refractivity contribution in [2.24, 2.45) is 5.73 Å². The summed E-state index contributed by atoms with van der Waals surface area (Å²) in [7, 11) is 0. The number of ether oxygens (including phenoxy) is 1. The Morgan fingerprint density at radius 1 is 1.30 bits per heavy atom. The van der Waals surface area contributed by atoms with Crippen LogP contribution in [0.3, 0.4) is 0 Å². The molecule has 0 fully saturated rings. The number of carbonyl (C=O) groups excluding carboxylic acids is 1. The second-order valence-corrected chi connectivity index (χ2v) is 3.69. The van der Waals surface area contributed by atoms with Gasteiger partial charge in [0.1, 0.15) is 5.69 Å². The number of hydrogen-bond donors (Lipinski definition) is 1. The summed E-state index contributed by atoms with van der Waals surface area (Å²) >= 11 is 5.01. The third-order valence-electron chi connectivity index (χ3n) is 2.04. The zero-order valence-electron chi connectivity index (χ0n) is 9.27. The van der Waals surface area contributed by atoms with E-state index in [2.05, 4.69) is 9.72 Å². The number of rotatable bonds is 3. The lowest BCUT2D eigenvalue weighted by Crippen LogP contribution is -2.22. The second-order valence-electron chi connectivity index (χ2n) is 3.35. The lowest BCUT2D eigenvalue weighted by Gasteiger charge is -2.17. The number of pyridine rings is 1. The molecule has 0 unspecified atom stereocenters. The molecular formula is C9H5ClF6N2O2. The van der Waals surface area contributed by atoms with Crippen molar-refractivity contribution in [3.63, 3.8) is 0 Å². The Balaban J connectivity index is 3.55. The number of aromatic nitrogens is 1. The van der Waals surface area contributed by atoms with Crippen molar-refractivity contribution in [3.05, 3.63) is 23.0 Å². The van der Waals surface area contributed by atoms with Crippen LogP contribution >= 0.6 is 11.6 Å². The minimum absolute atomic E-state index is 0.116. The van der Waals surface area contributed by atoms with Crippen LogP contribution in [0.5, 0.6) is 5.75 Å². The quantitative estimate of drug-likeness (QED) is 0.686. The number of nitrogens with zero attached hydrogens (tertiary/aromatic N) is 1. The van der Waals surface area contributed by atoms with E-state index >= 15 is 0 Å². The van der Waals surface area contributed by atoms with E-state index in [0.29, 0.717) is 0 Å². The molecule has 0 radical (unpaired) electrons. The highest BCUT2D eigenvalue weighted by molar-refractivity contribution is 6.68. The van der Waals surface area contributed by atoms with Crippen molar-refractivity contribution in [2.75, 3.05) is 0 Å². The molecule has 0 amide bonds. The molecule has 1 aromatic heterocycles. The van der Waals surface area contributed by atoms with Crippen molar-refractivity contribution in [1.82, 2.24) is 4.98 Å². The topological polar surface area (TPSA) is 65.2 Å². The molecule has 0 spiro atoms. The summed E-state index contributed by atoms with van der Waals surface area (Å²) in [5.74, 6) is -1.24. The maximum absolute atomic E-state index is 12.6. The van der Waals surface area contributed by atoms with Crippen LogP contribution in [-0.4, -0.2) is 16.6 Å². The smallest absolute Gasteiger partial charge is 0.403 e. The van der Waals surface area contributed by atoms with Gasteiger partial charge in [0.2, 0.25) is 0 Å². The van der Waals surface area contributed by atoms with E-state index in [1.54, 1.807) is 0 Å². The first-order chi connectivity index (χ1) is 8.97. The Kier molecular flexibility index (Phi) is 4.49. The standard InChI is InChI=1S/C9H5ClF6N2O2/c10-7(19)5-3(1-17)6(8(11,12)13)18-2-4(5)20-9(14,15)16/h2H,1,17H2. The van der Waals surface area contributed by atoms with Gasteiger partial charge in [0.05, 0.1) is 11.8 Å². The van der Waals surface area contributed by atoms with Gasteiger partial charge in [0.15, 0.2) is 5.75 Å². The van der Waals surface area contributed by atoms with E-state index in [-0.39, 0.29) is 6.20 Å². The summed E-state index contributed by atoms with van der Waals surface area (Å²) in [5.41, 5.74) is 1.34. The van der Waals surface area contributed by atoms with Crippen LogP contribution < -0.4 is 10.5 Å². The van der Waals surface area contributed by atoms with Crippen molar-refractivity contribution < 1.29 is 35.9 Å². The summed E-state index contributed by atoms with van der Waals surface area (Å²) in [6, 6.07) is 0. The van der Waals surface area contributed by atoms with Crippen LogP contribution in [0.25, 0.3) is 0 Å². The Morgan fingerprint density at radius 2 is 1.85 bits per heavy atom. The summed E-state index contributed by atoms with van der Waals surface area (Å²) in [6.07, 6.45) is -10.1. The lowest BCUT2D eigenvalue weighted by molar-refractivity contribution is -0.274. The Hall–Kier alpha value is -1.55. The molecule has 0 aliphatic heterocycles. The fourth-order valence-electron chi connectivity index (χ4n) is 1.39. The van der Waals surface area contributed by atoms with Gasteiger partial charge < -0.3 is 10.5 Å². The predicted octanol–water partition coefficient (Wildman–Crippen LogP) is 2.84. The molecule has 11 heteroatoms. The minimum atomic E-state index is -5.23. The predicted molar refractivity (Wildman–Crippen MR) is 54.0 cm³/mol. The molecule has 0 saturated heterocycles. The van der Waals surface area contributed by atoms with E-state index in [9.17, 15) is 31.1 Å². The highest BCUT2D eigenvalue weighted by Crippen LogP contribution is 2.36. The van der Waals surface area contributed by atoms with Gasteiger partial charge in [0.25, 0.3) is 5.24 Å². The summed E-state index contributed by atoms with van der Waals surface area (Å²) in [4.78, 5) is 13.9. The first-order valence-electron chi connectivity index (χ1n) is 4.72. The second kappa shape index (κ2) is 5.44. The van der Waals surface area contributed by atoms with E-state index in [1.165, 1.54) is 0 Å². The van der Waals surface area contributed by atoms with E-state index in [4.69, 9.17) is 17.3 Å². The average molecular weight is 323 g/mol. The van der Waals surface area contributed by atoms with Gasteiger partial charge in [0, 0.05) is 12.1 Å². The largest absolute Gasteiger partial charge is 0.573 e. The SMILES string of the molecule is NCc1c(C(F)(F)F)ncc(OC(F)(F)F)c1C(=O)Cl. The monoisotopic (exact) mass is 322 g/mol. The normalized spacial score (nSPS) is 12.4. The van der Waals surface area contributed by atoms with Gasteiger partial charge in [-0.3, -0.25) is 4.79 Å². The van der Waals surface area contributed by atoms with Gasteiger partial charge in [-0.1, -0.05) is 0 Å². The molecule has 112 valence electrons. The molecule has 1 rings (SSSR count). The fraction of sp³-hybridized carbons (Fsp3) is 0.333. The number of halogens is 7. The molecule has 20 heavy (non-hydrogen) atoms. The number of hydrogen-bond acceptors (Lipinski definition) is 4. The maximum Gasteiger partial charge on any atom is 0.573 e. The Bertz CT molecular complexity index is 528. The molecule has 0 aliphatic carbocycles. The van der Waals surface area contributed by atoms with E-state index in [1.807, 2.05) is 0 Å². The van der Waals surface area contributed by atoms with Gasteiger partial charge in [-0.2, -0.15) is 13.2 Å². The van der Waals surface area contributed by atoms with Gasteiger partial charge >= 0.3 is 12.5 Å². The van der Waals surface area contributed by atoms with Gasteiger partial charge in [-0.25, -0.2) is 4.98 Å². The summed E-state index contributed by atoms with van der Waals surface area (Å²) in [5, 5.41) is -1.57. The van der Waals surface area contributed by atoms with E-state index in [0.717, 1.165) is 0 Å². The van der Waals surface area contributed by atoms with E-state index < -0.39 is 46.9 Å². The zero-order valence-corrected chi connectivity index (χ0v) is 10.0. The van der Waals surface area contributed by atoms with Crippen molar-refractivity contribution in [2.45, 2.75) is 19.1 Å². The fourth-order valence-corrected chi connectivity index (χ4v) is 1.60. The molecule has 1 heterocycles. The van der Waals surface area contributed by atoms with Crippen LogP contribution in [0.1, 0.15) is 21.6 Å². The van der Waals surface area contributed by atoms with Gasteiger partial charge in [-0.05, 0) is 11.6 Å². The Labute approximate surface area is 112 Å². The summed E-state index contributed by atoms with van der Waals surface area (Å²) < 4.78 is 77.5. The first-order valence-corrected chi connectivity index (χ1v) is 5.10. The highest BCUT2D eigenvalue weighted by atomic mass is 35.5. The molecule has 0 aromatic carbocycles. The average Bonchev–Trinajstić information content (AvgIpc) is 2.23. The minimum Gasteiger partial charge on any atom is -0.403 e. The van der Waals surface area contributed by atoms with Crippen LogP contribution in [0, 0.1) is 0 Å². The molecule has 4 nitrogen and oxygen atoms in total. The van der Waals surface area contributed by atoms with Crippen LogP contribution in [-0.2, 0) is 12.7 Å². The number of carbonyl (C=O) groups is 1. The Morgan fingerprint density at radius 3 is 2.20 bits per heavy atom. The first kappa shape index (κ1) is 16.5.